The Morgan fingerprint density at radius 3 is 2.65 bits per heavy atom. The van der Waals surface area contributed by atoms with Crippen molar-refractivity contribution >= 4 is 11.6 Å². The van der Waals surface area contributed by atoms with Gasteiger partial charge in [-0.05, 0) is 39.1 Å². The number of nitrogens with one attached hydrogen (secondary N) is 1. The molecule has 0 radical (unpaired) electrons. The molecule has 1 aromatic rings. The standard InChI is InChI=1S/C18H30N4O/c1-20(2)17-10-13-22(14-17)15-18(23)19-11-7-12-21(3)16-8-5-4-6-9-16/h4-6,8-9,17H,7,10-15H2,1-3H3,(H,19,23). The fraction of sp³-hybridized carbons (Fsp3) is 0.611. The number of benzene rings is 1. The van der Waals surface area contributed by atoms with Gasteiger partial charge in [0.05, 0.1) is 6.54 Å². The van der Waals surface area contributed by atoms with Gasteiger partial charge in [0.1, 0.15) is 0 Å². The van der Waals surface area contributed by atoms with E-state index >= 15 is 0 Å². The number of rotatable bonds is 8. The molecule has 5 heteroatoms. The van der Waals surface area contributed by atoms with Crippen molar-refractivity contribution in [3.05, 3.63) is 30.3 Å². The van der Waals surface area contributed by atoms with Gasteiger partial charge < -0.3 is 15.1 Å². The molecule has 1 N–H and O–H groups in total. The minimum absolute atomic E-state index is 0.145. The minimum atomic E-state index is 0.145. The molecule has 0 aliphatic carbocycles. The van der Waals surface area contributed by atoms with Crippen molar-refractivity contribution in [2.75, 3.05) is 58.8 Å². The Balaban J connectivity index is 1.58. The Bertz CT molecular complexity index is 477. The van der Waals surface area contributed by atoms with E-state index in [1.165, 1.54) is 5.69 Å². The molecular weight excluding hydrogens is 288 g/mol. The average molecular weight is 318 g/mol. The summed E-state index contributed by atoms with van der Waals surface area (Å²) in [4.78, 5) is 18.7. The van der Waals surface area contributed by atoms with Crippen LogP contribution in [0.15, 0.2) is 30.3 Å². The Morgan fingerprint density at radius 2 is 2.00 bits per heavy atom. The van der Waals surface area contributed by atoms with Crippen LogP contribution >= 0.6 is 0 Å². The van der Waals surface area contributed by atoms with Crippen molar-refractivity contribution in [1.82, 2.24) is 15.1 Å². The van der Waals surface area contributed by atoms with E-state index in [-0.39, 0.29) is 5.91 Å². The number of carbonyl (C=O) groups is 1. The molecule has 1 heterocycles. The maximum absolute atomic E-state index is 12.0. The van der Waals surface area contributed by atoms with Crippen molar-refractivity contribution in [3.8, 4) is 0 Å². The lowest BCUT2D eigenvalue weighted by Crippen LogP contribution is -2.39. The summed E-state index contributed by atoms with van der Waals surface area (Å²) >= 11 is 0. The number of hydrogen-bond acceptors (Lipinski definition) is 4. The summed E-state index contributed by atoms with van der Waals surface area (Å²) in [5.74, 6) is 0.145. The summed E-state index contributed by atoms with van der Waals surface area (Å²) in [5.41, 5.74) is 1.21. The summed E-state index contributed by atoms with van der Waals surface area (Å²) in [6, 6.07) is 10.9. The molecule has 0 saturated carbocycles. The highest BCUT2D eigenvalue weighted by Crippen LogP contribution is 2.12. The predicted octanol–water partition coefficient (Wildman–Crippen LogP) is 1.27. The van der Waals surface area contributed by atoms with Gasteiger partial charge in [-0.1, -0.05) is 18.2 Å². The van der Waals surface area contributed by atoms with Crippen molar-refractivity contribution < 1.29 is 4.79 Å². The highest BCUT2D eigenvalue weighted by molar-refractivity contribution is 5.78. The monoisotopic (exact) mass is 318 g/mol. The molecule has 23 heavy (non-hydrogen) atoms. The van der Waals surface area contributed by atoms with Crippen LogP contribution < -0.4 is 10.2 Å². The second-order valence-electron chi connectivity index (χ2n) is 6.60. The Kier molecular flexibility index (Phi) is 6.86. The van der Waals surface area contributed by atoms with Crippen LogP contribution in [0.4, 0.5) is 5.69 Å². The third kappa shape index (κ3) is 5.84. The number of para-hydroxylation sites is 1. The van der Waals surface area contributed by atoms with Crippen molar-refractivity contribution in [2.45, 2.75) is 18.9 Å². The van der Waals surface area contributed by atoms with Crippen LogP contribution in [-0.4, -0.2) is 75.6 Å². The molecule has 0 aromatic heterocycles. The summed E-state index contributed by atoms with van der Waals surface area (Å²) in [7, 11) is 6.30. The SMILES string of the molecule is CN(CCCNC(=O)CN1CCC(N(C)C)C1)c1ccccc1. The van der Waals surface area contributed by atoms with E-state index in [9.17, 15) is 4.79 Å². The smallest absolute Gasteiger partial charge is 0.234 e. The van der Waals surface area contributed by atoms with Crippen LogP contribution in [0.2, 0.25) is 0 Å². The molecule has 5 nitrogen and oxygen atoms in total. The van der Waals surface area contributed by atoms with E-state index < -0.39 is 0 Å². The number of carbonyl (C=O) groups excluding carboxylic acids is 1. The maximum Gasteiger partial charge on any atom is 0.234 e. The normalized spacial score (nSPS) is 18.3. The number of hydrogen-bond donors (Lipinski definition) is 1. The number of likely N-dealkylation sites (tertiary alicyclic amines) is 1. The van der Waals surface area contributed by atoms with E-state index in [4.69, 9.17) is 0 Å². The third-order valence-electron chi connectivity index (χ3n) is 4.53. The Morgan fingerprint density at radius 1 is 1.26 bits per heavy atom. The zero-order chi connectivity index (χ0) is 16.7. The van der Waals surface area contributed by atoms with Gasteiger partial charge >= 0.3 is 0 Å². The number of anilines is 1. The second-order valence-corrected chi connectivity index (χ2v) is 6.60. The molecule has 2 rings (SSSR count). The van der Waals surface area contributed by atoms with E-state index in [0.717, 1.165) is 39.0 Å². The molecule has 1 fully saturated rings. The van der Waals surface area contributed by atoms with Gasteiger partial charge in [-0.3, -0.25) is 9.69 Å². The molecule has 1 atom stereocenters. The molecular formula is C18H30N4O. The number of nitrogens with zero attached hydrogens (tertiary/aromatic N) is 3. The van der Waals surface area contributed by atoms with Gasteiger partial charge in [0.2, 0.25) is 5.91 Å². The van der Waals surface area contributed by atoms with Crippen LogP contribution in [0.1, 0.15) is 12.8 Å². The molecule has 1 unspecified atom stereocenters. The van der Waals surface area contributed by atoms with Crippen LogP contribution in [0, 0.1) is 0 Å². The van der Waals surface area contributed by atoms with Gasteiger partial charge in [-0.15, -0.1) is 0 Å². The van der Waals surface area contributed by atoms with E-state index in [2.05, 4.69) is 53.3 Å². The van der Waals surface area contributed by atoms with Crippen LogP contribution in [0.25, 0.3) is 0 Å². The second kappa shape index (κ2) is 8.89. The van der Waals surface area contributed by atoms with E-state index in [0.29, 0.717) is 12.6 Å². The van der Waals surface area contributed by atoms with E-state index in [1.54, 1.807) is 0 Å². The zero-order valence-electron chi connectivity index (χ0n) is 14.7. The average Bonchev–Trinajstić information content (AvgIpc) is 3.01. The predicted molar refractivity (Wildman–Crippen MR) is 95.9 cm³/mol. The first kappa shape index (κ1) is 17.8. The maximum atomic E-state index is 12.0. The summed E-state index contributed by atoms with van der Waals surface area (Å²) in [6.07, 6.45) is 2.11. The fourth-order valence-corrected chi connectivity index (χ4v) is 2.99. The lowest BCUT2D eigenvalue weighted by molar-refractivity contribution is -0.122. The van der Waals surface area contributed by atoms with Crippen LogP contribution in [0.3, 0.4) is 0 Å². The van der Waals surface area contributed by atoms with Crippen molar-refractivity contribution in [1.29, 1.82) is 0 Å². The first-order chi connectivity index (χ1) is 11.1. The van der Waals surface area contributed by atoms with Crippen LogP contribution in [0.5, 0.6) is 0 Å². The highest BCUT2D eigenvalue weighted by atomic mass is 16.2. The molecule has 128 valence electrons. The largest absolute Gasteiger partial charge is 0.375 e. The number of likely N-dealkylation sites (N-methyl/N-ethyl adjacent to an activating group) is 1. The molecule has 1 saturated heterocycles. The molecule has 1 aliphatic heterocycles. The third-order valence-corrected chi connectivity index (χ3v) is 4.53. The zero-order valence-corrected chi connectivity index (χ0v) is 14.7. The van der Waals surface area contributed by atoms with Gasteiger partial charge in [-0.25, -0.2) is 0 Å². The van der Waals surface area contributed by atoms with Gasteiger partial charge in [-0.2, -0.15) is 0 Å². The van der Waals surface area contributed by atoms with Crippen molar-refractivity contribution in [2.24, 2.45) is 0 Å². The summed E-state index contributed by atoms with van der Waals surface area (Å²) in [6.45, 7) is 4.22. The van der Waals surface area contributed by atoms with Gasteiger partial charge in [0, 0.05) is 45.0 Å². The van der Waals surface area contributed by atoms with Gasteiger partial charge in [0.25, 0.3) is 0 Å². The first-order valence-electron chi connectivity index (χ1n) is 8.48. The topological polar surface area (TPSA) is 38.8 Å². The molecule has 0 spiro atoms. The number of amides is 1. The van der Waals surface area contributed by atoms with Gasteiger partial charge in [0.15, 0.2) is 0 Å². The Labute approximate surface area is 140 Å². The lowest BCUT2D eigenvalue weighted by atomic mass is 10.2. The quantitative estimate of drug-likeness (QED) is 0.733. The van der Waals surface area contributed by atoms with Crippen molar-refractivity contribution in [3.63, 3.8) is 0 Å². The lowest BCUT2D eigenvalue weighted by Gasteiger charge is -2.20. The minimum Gasteiger partial charge on any atom is -0.375 e. The highest BCUT2D eigenvalue weighted by Gasteiger charge is 2.24. The Hall–Kier alpha value is -1.59. The molecule has 1 amide bonds. The molecule has 0 bridgehead atoms. The molecule has 1 aromatic carbocycles. The van der Waals surface area contributed by atoms with E-state index in [1.807, 2.05) is 18.2 Å². The molecule has 1 aliphatic rings. The van der Waals surface area contributed by atoms with Crippen LogP contribution in [-0.2, 0) is 4.79 Å². The summed E-state index contributed by atoms with van der Waals surface area (Å²) < 4.78 is 0. The first-order valence-corrected chi connectivity index (χ1v) is 8.48. The fourth-order valence-electron chi connectivity index (χ4n) is 2.99. The summed E-state index contributed by atoms with van der Waals surface area (Å²) in [5, 5.41) is 3.04.